The molecule has 6 heteroatoms. The van der Waals surface area contributed by atoms with Crippen molar-refractivity contribution in [2.24, 2.45) is 0 Å². The maximum Gasteiger partial charge on any atom is 0.323 e. The summed E-state index contributed by atoms with van der Waals surface area (Å²) in [6.07, 6.45) is 3.32. The van der Waals surface area contributed by atoms with Crippen LogP contribution in [0, 0.1) is 0 Å². The van der Waals surface area contributed by atoms with E-state index in [1.165, 1.54) is 7.11 Å². The highest BCUT2D eigenvalue weighted by molar-refractivity contribution is 5.92. The molecular formula is C18H20N2O4. The minimum Gasteiger partial charge on any atom is -0.497 e. The van der Waals surface area contributed by atoms with Crippen molar-refractivity contribution in [1.82, 2.24) is 5.32 Å². The fraction of sp³-hybridized carbons (Fsp3) is 0.167. The van der Waals surface area contributed by atoms with Crippen molar-refractivity contribution in [2.75, 3.05) is 26.6 Å². The second kappa shape index (κ2) is 8.47. The van der Waals surface area contributed by atoms with Gasteiger partial charge >= 0.3 is 6.03 Å². The van der Waals surface area contributed by atoms with Gasteiger partial charge in [-0.05, 0) is 35.9 Å². The van der Waals surface area contributed by atoms with E-state index in [1.54, 1.807) is 44.7 Å². The van der Waals surface area contributed by atoms with Crippen LogP contribution in [0.3, 0.4) is 0 Å². The van der Waals surface area contributed by atoms with Crippen LogP contribution in [0.4, 0.5) is 10.5 Å². The van der Waals surface area contributed by atoms with Crippen molar-refractivity contribution >= 4 is 17.8 Å². The molecule has 0 aliphatic rings. The number of rotatable bonds is 6. The molecule has 2 amide bonds. The predicted molar refractivity (Wildman–Crippen MR) is 93.7 cm³/mol. The van der Waals surface area contributed by atoms with Gasteiger partial charge in [-0.15, -0.1) is 0 Å². The molecule has 0 unspecified atom stereocenters. The molecule has 2 rings (SSSR count). The minimum atomic E-state index is -0.388. The molecule has 0 saturated heterocycles. The molecule has 0 heterocycles. The van der Waals surface area contributed by atoms with Crippen molar-refractivity contribution in [3.8, 4) is 17.2 Å². The summed E-state index contributed by atoms with van der Waals surface area (Å²) < 4.78 is 15.5. The standard InChI is InChI=1S/C18H20N2O4/c1-22-14-6-4-5-13(11-14)9-10-19-18(21)20-16-12-15(23-2)7-8-17(16)24-3/h4-12H,1-3H3,(H2,19,20,21)/b10-9+. The number of anilines is 1. The molecule has 0 aromatic heterocycles. The molecule has 0 atom stereocenters. The maximum atomic E-state index is 12.0. The Morgan fingerprint density at radius 2 is 1.71 bits per heavy atom. The smallest absolute Gasteiger partial charge is 0.323 e. The molecule has 126 valence electrons. The van der Waals surface area contributed by atoms with E-state index in [1.807, 2.05) is 24.3 Å². The van der Waals surface area contributed by atoms with Crippen molar-refractivity contribution in [3.63, 3.8) is 0 Å². The van der Waals surface area contributed by atoms with Gasteiger partial charge in [-0.2, -0.15) is 0 Å². The molecule has 0 aliphatic heterocycles. The van der Waals surface area contributed by atoms with E-state index < -0.39 is 0 Å². The Bertz CT molecular complexity index is 729. The molecule has 0 aliphatic carbocycles. The zero-order chi connectivity index (χ0) is 17.4. The van der Waals surface area contributed by atoms with Gasteiger partial charge in [0.15, 0.2) is 0 Å². The highest BCUT2D eigenvalue weighted by Gasteiger charge is 2.07. The molecule has 2 aromatic carbocycles. The SMILES string of the molecule is COc1cccc(/C=C/NC(=O)Nc2cc(OC)ccc2OC)c1. The number of carbonyl (C=O) groups excluding carboxylic acids is 1. The number of urea groups is 1. The number of nitrogens with one attached hydrogen (secondary N) is 2. The van der Waals surface area contributed by atoms with Gasteiger partial charge in [-0.1, -0.05) is 12.1 Å². The summed E-state index contributed by atoms with van der Waals surface area (Å²) in [5, 5.41) is 5.35. The van der Waals surface area contributed by atoms with Crippen LogP contribution in [-0.4, -0.2) is 27.4 Å². The number of hydrogen-bond donors (Lipinski definition) is 2. The number of methoxy groups -OCH3 is 3. The zero-order valence-corrected chi connectivity index (χ0v) is 13.8. The van der Waals surface area contributed by atoms with Crippen LogP contribution < -0.4 is 24.8 Å². The Morgan fingerprint density at radius 3 is 2.42 bits per heavy atom. The summed E-state index contributed by atoms with van der Waals surface area (Å²) >= 11 is 0. The normalized spacial score (nSPS) is 10.3. The molecule has 2 aromatic rings. The third-order valence-electron chi connectivity index (χ3n) is 3.24. The summed E-state index contributed by atoms with van der Waals surface area (Å²) in [7, 11) is 4.70. The van der Waals surface area contributed by atoms with Crippen molar-refractivity contribution in [1.29, 1.82) is 0 Å². The maximum absolute atomic E-state index is 12.0. The van der Waals surface area contributed by atoms with Gasteiger partial charge in [0.2, 0.25) is 0 Å². The van der Waals surface area contributed by atoms with Crippen molar-refractivity contribution in [3.05, 3.63) is 54.2 Å². The van der Waals surface area contributed by atoms with Crippen LogP contribution in [0.15, 0.2) is 48.7 Å². The van der Waals surface area contributed by atoms with Gasteiger partial charge in [0.05, 0.1) is 27.0 Å². The molecular weight excluding hydrogens is 308 g/mol. The molecule has 0 saturated carbocycles. The average Bonchev–Trinajstić information content (AvgIpc) is 2.61. The van der Waals surface area contributed by atoms with Gasteiger partial charge in [0, 0.05) is 12.3 Å². The number of hydrogen-bond acceptors (Lipinski definition) is 4. The lowest BCUT2D eigenvalue weighted by molar-refractivity contribution is 0.255. The monoisotopic (exact) mass is 328 g/mol. The number of benzene rings is 2. The summed E-state index contributed by atoms with van der Waals surface area (Å²) in [5.41, 5.74) is 1.43. The van der Waals surface area contributed by atoms with Gasteiger partial charge in [0.25, 0.3) is 0 Å². The van der Waals surface area contributed by atoms with Crippen LogP contribution in [0.5, 0.6) is 17.2 Å². The number of ether oxygens (including phenoxy) is 3. The van der Waals surface area contributed by atoms with Gasteiger partial charge < -0.3 is 24.8 Å². The number of amides is 2. The van der Waals surface area contributed by atoms with Gasteiger partial charge in [0.1, 0.15) is 17.2 Å². The number of carbonyl (C=O) groups is 1. The Kier molecular flexibility index (Phi) is 6.08. The van der Waals surface area contributed by atoms with Crippen LogP contribution in [0.2, 0.25) is 0 Å². The first-order valence-electron chi connectivity index (χ1n) is 7.26. The fourth-order valence-electron chi connectivity index (χ4n) is 2.03. The van der Waals surface area contributed by atoms with Crippen LogP contribution >= 0.6 is 0 Å². The largest absolute Gasteiger partial charge is 0.497 e. The second-order valence-electron chi connectivity index (χ2n) is 4.77. The Balaban J connectivity index is 1.99. The van der Waals surface area contributed by atoms with E-state index in [4.69, 9.17) is 14.2 Å². The molecule has 6 nitrogen and oxygen atoms in total. The summed E-state index contributed by atoms with van der Waals surface area (Å²) in [4.78, 5) is 12.0. The zero-order valence-electron chi connectivity index (χ0n) is 13.8. The lowest BCUT2D eigenvalue weighted by Gasteiger charge is -2.11. The summed E-state index contributed by atoms with van der Waals surface area (Å²) in [6.45, 7) is 0. The molecule has 24 heavy (non-hydrogen) atoms. The first-order valence-corrected chi connectivity index (χ1v) is 7.26. The quantitative estimate of drug-likeness (QED) is 0.851. The first kappa shape index (κ1) is 17.2. The van der Waals surface area contributed by atoms with Gasteiger partial charge in [-0.25, -0.2) is 4.79 Å². The van der Waals surface area contributed by atoms with Crippen molar-refractivity contribution in [2.45, 2.75) is 0 Å². The molecule has 0 radical (unpaired) electrons. The highest BCUT2D eigenvalue weighted by Crippen LogP contribution is 2.28. The molecule has 0 spiro atoms. The van der Waals surface area contributed by atoms with E-state index >= 15 is 0 Å². The summed E-state index contributed by atoms with van der Waals surface area (Å²) in [6, 6.07) is 12.3. The topological polar surface area (TPSA) is 68.8 Å². The lowest BCUT2D eigenvalue weighted by Crippen LogP contribution is -2.24. The Labute approximate surface area is 141 Å². The molecule has 0 fully saturated rings. The second-order valence-corrected chi connectivity index (χ2v) is 4.77. The van der Waals surface area contributed by atoms with E-state index in [0.29, 0.717) is 17.2 Å². The predicted octanol–water partition coefficient (Wildman–Crippen LogP) is 3.50. The summed E-state index contributed by atoms with van der Waals surface area (Å²) in [5.74, 6) is 1.92. The third kappa shape index (κ3) is 4.67. The van der Waals surface area contributed by atoms with Crippen molar-refractivity contribution < 1.29 is 19.0 Å². The minimum absolute atomic E-state index is 0.388. The third-order valence-corrected chi connectivity index (χ3v) is 3.24. The van der Waals surface area contributed by atoms with E-state index in [2.05, 4.69) is 10.6 Å². The van der Waals surface area contributed by atoms with E-state index in [9.17, 15) is 4.79 Å². The fourth-order valence-corrected chi connectivity index (χ4v) is 2.03. The van der Waals surface area contributed by atoms with Crippen LogP contribution in [0.25, 0.3) is 6.08 Å². The van der Waals surface area contributed by atoms with E-state index in [0.717, 1.165) is 11.3 Å². The lowest BCUT2D eigenvalue weighted by atomic mass is 10.2. The average molecular weight is 328 g/mol. The first-order chi connectivity index (χ1) is 11.7. The Hall–Kier alpha value is -3.15. The Morgan fingerprint density at radius 1 is 0.958 bits per heavy atom. The molecule has 0 bridgehead atoms. The van der Waals surface area contributed by atoms with Crippen LogP contribution in [0.1, 0.15) is 5.56 Å². The highest BCUT2D eigenvalue weighted by atomic mass is 16.5. The van der Waals surface area contributed by atoms with Gasteiger partial charge in [-0.3, -0.25) is 0 Å². The van der Waals surface area contributed by atoms with E-state index in [-0.39, 0.29) is 6.03 Å². The molecule has 2 N–H and O–H groups in total. The van der Waals surface area contributed by atoms with Crippen LogP contribution in [-0.2, 0) is 0 Å².